The fourth-order valence-electron chi connectivity index (χ4n) is 1.90. The van der Waals surface area contributed by atoms with E-state index in [2.05, 4.69) is 5.32 Å². The molecule has 1 aliphatic rings. The van der Waals surface area contributed by atoms with Crippen molar-refractivity contribution in [2.24, 2.45) is 0 Å². The molecule has 1 amide bonds. The molecule has 3 nitrogen and oxygen atoms in total. The van der Waals surface area contributed by atoms with Gasteiger partial charge >= 0.3 is 0 Å². The molecule has 0 unspecified atom stereocenters. The minimum absolute atomic E-state index is 0.180. The molecule has 0 aliphatic carbocycles. The van der Waals surface area contributed by atoms with Crippen molar-refractivity contribution in [3.8, 4) is 0 Å². The molecule has 1 aromatic rings. The molecule has 1 aromatic carbocycles. The molecule has 0 spiro atoms. The number of nitrogens with zero attached hydrogens (tertiary/aromatic N) is 1. The fourth-order valence-corrected chi connectivity index (χ4v) is 3.10. The summed E-state index contributed by atoms with van der Waals surface area (Å²) in [7, 11) is 0. The summed E-state index contributed by atoms with van der Waals surface area (Å²) < 4.78 is 0. The first-order valence-corrected chi connectivity index (χ1v) is 7.97. The third kappa shape index (κ3) is 4.56. The lowest BCUT2D eigenvalue weighted by molar-refractivity contribution is -0.128. The largest absolute Gasteiger partial charge is 0.341 e. The molecule has 0 bridgehead atoms. The van der Waals surface area contributed by atoms with E-state index in [1.165, 1.54) is 11.8 Å². The molecule has 1 heterocycles. The summed E-state index contributed by atoms with van der Waals surface area (Å²) in [6.07, 6.45) is 1.02. The number of carbonyl (C=O) groups is 1. The maximum Gasteiger partial charge on any atom is 0.232 e. The van der Waals surface area contributed by atoms with Gasteiger partial charge < -0.3 is 10.2 Å². The Morgan fingerprint density at radius 3 is 2.89 bits per heavy atom. The van der Waals surface area contributed by atoms with E-state index in [0.717, 1.165) is 37.5 Å². The molecule has 104 valence electrons. The van der Waals surface area contributed by atoms with Gasteiger partial charge in [0.25, 0.3) is 0 Å². The second-order valence-electron chi connectivity index (χ2n) is 4.35. The van der Waals surface area contributed by atoms with E-state index in [9.17, 15) is 4.79 Å². The number of hydrogen-bond acceptors (Lipinski definition) is 3. The summed E-state index contributed by atoms with van der Waals surface area (Å²) in [5.74, 6) is 0.623. The van der Waals surface area contributed by atoms with Crippen molar-refractivity contribution in [1.82, 2.24) is 10.2 Å². The van der Waals surface area contributed by atoms with Gasteiger partial charge in [-0.25, -0.2) is 0 Å². The minimum Gasteiger partial charge on any atom is -0.341 e. The molecule has 0 radical (unpaired) electrons. The number of thioether (sulfide) groups is 1. The standard InChI is InChI=1S/C13H16Cl2N2OS/c14-11-3-2-10(8-12(11)15)19-9-13(18)17-6-1-4-16-5-7-17/h2-3,8,16H,1,4-7,9H2. The SMILES string of the molecule is O=C(CSc1ccc(Cl)c(Cl)c1)N1CCCNCC1. The molecule has 0 atom stereocenters. The zero-order valence-corrected chi connectivity index (χ0v) is 12.8. The van der Waals surface area contributed by atoms with Crippen LogP contribution in [0.2, 0.25) is 10.0 Å². The van der Waals surface area contributed by atoms with E-state index in [1.54, 1.807) is 12.1 Å². The van der Waals surface area contributed by atoms with Crippen LogP contribution in [0.15, 0.2) is 23.1 Å². The van der Waals surface area contributed by atoms with Gasteiger partial charge in [0.2, 0.25) is 5.91 Å². The zero-order chi connectivity index (χ0) is 13.7. The highest BCUT2D eigenvalue weighted by Crippen LogP contribution is 2.28. The van der Waals surface area contributed by atoms with Gasteiger partial charge in [-0.05, 0) is 31.2 Å². The molecule has 6 heteroatoms. The first-order chi connectivity index (χ1) is 9.16. The molecule has 19 heavy (non-hydrogen) atoms. The van der Waals surface area contributed by atoms with E-state index in [-0.39, 0.29) is 5.91 Å². The first kappa shape index (κ1) is 15.0. The normalized spacial score (nSPS) is 16.2. The predicted molar refractivity (Wildman–Crippen MR) is 81.3 cm³/mol. The van der Waals surface area contributed by atoms with Gasteiger partial charge in [0.15, 0.2) is 0 Å². The van der Waals surface area contributed by atoms with Crippen LogP contribution in [0, 0.1) is 0 Å². The Morgan fingerprint density at radius 2 is 2.11 bits per heavy atom. The van der Waals surface area contributed by atoms with Crippen molar-refractivity contribution in [3.63, 3.8) is 0 Å². The monoisotopic (exact) mass is 318 g/mol. The predicted octanol–water partition coefficient (Wildman–Crippen LogP) is 2.91. The molecule has 1 aliphatic heterocycles. The number of amides is 1. The van der Waals surface area contributed by atoms with Crippen LogP contribution in [0.1, 0.15) is 6.42 Å². The van der Waals surface area contributed by atoms with Crippen LogP contribution in [-0.4, -0.2) is 42.7 Å². The Kier molecular flexibility index (Phi) is 5.82. The summed E-state index contributed by atoms with van der Waals surface area (Å²) in [6.45, 7) is 3.50. The molecular formula is C13H16Cl2N2OS. The second kappa shape index (κ2) is 7.39. The Bertz CT molecular complexity index is 448. The molecule has 1 saturated heterocycles. The molecule has 1 fully saturated rings. The Labute approximate surface area is 127 Å². The van der Waals surface area contributed by atoms with E-state index >= 15 is 0 Å². The summed E-state index contributed by atoms with van der Waals surface area (Å²) in [5, 5.41) is 4.35. The zero-order valence-electron chi connectivity index (χ0n) is 10.5. The number of carbonyl (C=O) groups excluding carboxylic acids is 1. The maximum absolute atomic E-state index is 12.1. The van der Waals surface area contributed by atoms with E-state index in [4.69, 9.17) is 23.2 Å². The number of hydrogen-bond donors (Lipinski definition) is 1. The van der Waals surface area contributed by atoms with Crippen LogP contribution >= 0.6 is 35.0 Å². The van der Waals surface area contributed by atoms with Crippen LogP contribution in [0.25, 0.3) is 0 Å². The lowest BCUT2D eigenvalue weighted by atomic mass is 10.4. The Hall–Kier alpha value is -0.420. The van der Waals surface area contributed by atoms with Gasteiger partial charge in [0.1, 0.15) is 0 Å². The van der Waals surface area contributed by atoms with Crippen LogP contribution in [0.5, 0.6) is 0 Å². The van der Waals surface area contributed by atoms with Crippen LogP contribution < -0.4 is 5.32 Å². The topological polar surface area (TPSA) is 32.3 Å². The molecule has 0 saturated carbocycles. The number of nitrogens with one attached hydrogen (secondary N) is 1. The second-order valence-corrected chi connectivity index (χ2v) is 6.21. The van der Waals surface area contributed by atoms with Gasteiger partial charge in [-0.2, -0.15) is 0 Å². The van der Waals surface area contributed by atoms with E-state index in [1.807, 2.05) is 11.0 Å². The summed E-state index contributed by atoms with van der Waals surface area (Å²) in [5.41, 5.74) is 0. The smallest absolute Gasteiger partial charge is 0.232 e. The Balaban J connectivity index is 1.86. The average molecular weight is 319 g/mol. The highest BCUT2D eigenvalue weighted by Gasteiger charge is 2.15. The summed E-state index contributed by atoms with van der Waals surface area (Å²) in [6, 6.07) is 5.44. The Morgan fingerprint density at radius 1 is 1.26 bits per heavy atom. The third-order valence-electron chi connectivity index (χ3n) is 2.95. The third-order valence-corrected chi connectivity index (χ3v) is 4.66. The van der Waals surface area contributed by atoms with Crippen LogP contribution in [-0.2, 0) is 4.79 Å². The van der Waals surface area contributed by atoms with Crippen LogP contribution in [0.4, 0.5) is 0 Å². The highest BCUT2D eigenvalue weighted by atomic mass is 35.5. The highest BCUT2D eigenvalue weighted by molar-refractivity contribution is 8.00. The first-order valence-electron chi connectivity index (χ1n) is 6.23. The van der Waals surface area contributed by atoms with Gasteiger partial charge in [0, 0.05) is 24.5 Å². The van der Waals surface area contributed by atoms with Gasteiger partial charge in [-0.1, -0.05) is 23.2 Å². The van der Waals surface area contributed by atoms with Crippen LogP contribution in [0.3, 0.4) is 0 Å². The van der Waals surface area contributed by atoms with Crippen molar-refractivity contribution in [3.05, 3.63) is 28.2 Å². The minimum atomic E-state index is 0.180. The maximum atomic E-state index is 12.1. The summed E-state index contributed by atoms with van der Waals surface area (Å²) in [4.78, 5) is 15.0. The quantitative estimate of drug-likeness (QED) is 0.870. The molecule has 1 N–H and O–H groups in total. The van der Waals surface area contributed by atoms with E-state index < -0.39 is 0 Å². The van der Waals surface area contributed by atoms with Gasteiger partial charge in [0.05, 0.1) is 15.8 Å². The number of rotatable bonds is 3. The van der Waals surface area contributed by atoms with Gasteiger partial charge in [-0.15, -0.1) is 11.8 Å². The molecular weight excluding hydrogens is 303 g/mol. The lowest BCUT2D eigenvalue weighted by Crippen LogP contribution is -2.35. The van der Waals surface area contributed by atoms with Crippen molar-refractivity contribution >= 4 is 40.9 Å². The average Bonchev–Trinajstić information content (AvgIpc) is 2.69. The fraction of sp³-hybridized carbons (Fsp3) is 0.462. The molecule has 0 aromatic heterocycles. The molecule has 2 rings (SSSR count). The lowest BCUT2D eigenvalue weighted by Gasteiger charge is -2.19. The van der Waals surface area contributed by atoms with Crippen molar-refractivity contribution in [1.29, 1.82) is 0 Å². The summed E-state index contributed by atoms with van der Waals surface area (Å²) >= 11 is 13.3. The number of benzene rings is 1. The van der Waals surface area contributed by atoms with Gasteiger partial charge in [-0.3, -0.25) is 4.79 Å². The number of halogens is 2. The van der Waals surface area contributed by atoms with Crippen molar-refractivity contribution in [2.75, 3.05) is 31.9 Å². The van der Waals surface area contributed by atoms with Crippen molar-refractivity contribution < 1.29 is 4.79 Å². The van der Waals surface area contributed by atoms with Crippen molar-refractivity contribution in [2.45, 2.75) is 11.3 Å². The van der Waals surface area contributed by atoms with E-state index in [0.29, 0.717) is 15.8 Å².